The van der Waals surface area contributed by atoms with Gasteiger partial charge in [-0.25, -0.2) is 4.79 Å². The second-order valence-electron chi connectivity index (χ2n) is 4.04. The monoisotopic (exact) mass is 326 g/mol. The molecule has 0 saturated heterocycles. The van der Waals surface area contributed by atoms with Crippen molar-refractivity contribution in [2.24, 2.45) is 0 Å². The molecule has 3 nitrogen and oxygen atoms in total. The third kappa shape index (κ3) is 5.45. The number of hydrogen-bond donors (Lipinski definition) is 2. The molecule has 1 heterocycles. The van der Waals surface area contributed by atoms with E-state index in [1.807, 2.05) is 41.1 Å². The molecule has 1 aromatic carbocycles. The zero-order valence-corrected chi connectivity index (χ0v) is 13.2. The number of carbonyl (C=O) groups is 1. The van der Waals surface area contributed by atoms with Crippen LogP contribution < -0.4 is 10.6 Å². The number of hydrogen-bond acceptors (Lipinski definition) is 3. The summed E-state index contributed by atoms with van der Waals surface area (Å²) in [5.74, 6) is 0.827. The highest BCUT2D eigenvalue weighted by atomic mass is 35.5. The van der Waals surface area contributed by atoms with Gasteiger partial charge < -0.3 is 10.6 Å². The summed E-state index contributed by atoms with van der Waals surface area (Å²) >= 11 is 9.13. The van der Waals surface area contributed by atoms with Crippen molar-refractivity contribution in [3.05, 3.63) is 51.7 Å². The Morgan fingerprint density at radius 3 is 2.70 bits per heavy atom. The highest BCUT2D eigenvalue weighted by molar-refractivity contribution is 7.99. The summed E-state index contributed by atoms with van der Waals surface area (Å²) < 4.78 is 0. The summed E-state index contributed by atoms with van der Waals surface area (Å²) in [4.78, 5) is 12.7. The Morgan fingerprint density at radius 1 is 1.20 bits per heavy atom. The number of halogens is 1. The normalized spacial score (nSPS) is 10.2. The van der Waals surface area contributed by atoms with Crippen LogP contribution in [0.4, 0.5) is 4.79 Å². The summed E-state index contributed by atoms with van der Waals surface area (Å²) in [6.45, 7) is 1.20. The molecule has 6 heteroatoms. The lowest BCUT2D eigenvalue weighted by Crippen LogP contribution is -2.36. The minimum Gasteiger partial charge on any atom is -0.337 e. The van der Waals surface area contributed by atoms with Crippen LogP contribution in [0.3, 0.4) is 0 Å². The van der Waals surface area contributed by atoms with Crippen LogP contribution >= 0.6 is 34.7 Å². The van der Waals surface area contributed by atoms with Crippen molar-refractivity contribution in [2.75, 3.05) is 12.3 Å². The summed E-state index contributed by atoms with van der Waals surface area (Å²) in [6, 6.07) is 9.55. The van der Waals surface area contributed by atoms with Crippen molar-refractivity contribution < 1.29 is 4.79 Å². The molecule has 0 aliphatic rings. The van der Waals surface area contributed by atoms with Gasteiger partial charge in [-0.3, -0.25) is 0 Å². The topological polar surface area (TPSA) is 41.1 Å². The van der Waals surface area contributed by atoms with Crippen molar-refractivity contribution in [2.45, 2.75) is 11.4 Å². The van der Waals surface area contributed by atoms with Crippen LogP contribution in [-0.2, 0) is 6.54 Å². The largest absolute Gasteiger partial charge is 0.337 e. The molecule has 2 aromatic rings. The molecule has 0 atom stereocenters. The SMILES string of the molecule is O=C(NCCSc1ccc(Cl)cc1)NCc1ccsc1. The zero-order chi connectivity index (χ0) is 14.2. The summed E-state index contributed by atoms with van der Waals surface area (Å²) in [5, 5.41) is 10.4. The highest BCUT2D eigenvalue weighted by Crippen LogP contribution is 2.19. The molecular weight excluding hydrogens is 312 g/mol. The minimum absolute atomic E-state index is 0.132. The third-order valence-corrected chi connectivity index (χ3v) is 4.50. The molecular formula is C14H15ClN2OS2. The number of nitrogens with one attached hydrogen (secondary N) is 2. The first-order valence-electron chi connectivity index (χ1n) is 6.15. The Morgan fingerprint density at radius 2 is 2.00 bits per heavy atom. The van der Waals surface area contributed by atoms with Crippen LogP contribution in [0.5, 0.6) is 0 Å². The van der Waals surface area contributed by atoms with Crippen molar-refractivity contribution in [1.82, 2.24) is 10.6 Å². The van der Waals surface area contributed by atoms with Crippen LogP contribution in [-0.4, -0.2) is 18.3 Å². The van der Waals surface area contributed by atoms with Gasteiger partial charge in [0.2, 0.25) is 0 Å². The van der Waals surface area contributed by atoms with Gasteiger partial charge in [0, 0.05) is 28.8 Å². The molecule has 1 aromatic heterocycles. The van der Waals surface area contributed by atoms with Gasteiger partial charge in [0.15, 0.2) is 0 Å². The van der Waals surface area contributed by atoms with Crippen LogP contribution in [0.2, 0.25) is 5.02 Å². The van der Waals surface area contributed by atoms with E-state index in [0.717, 1.165) is 21.2 Å². The van der Waals surface area contributed by atoms with Gasteiger partial charge in [-0.05, 0) is 46.7 Å². The van der Waals surface area contributed by atoms with Crippen LogP contribution in [0.1, 0.15) is 5.56 Å². The smallest absolute Gasteiger partial charge is 0.315 e. The van der Waals surface area contributed by atoms with Crippen molar-refractivity contribution in [1.29, 1.82) is 0 Å². The fourth-order valence-corrected chi connectivity index (χ4v) is 3.07. The van der Waals surface area contributed by atoms with Gasteiger partial charge in [0.25, 0.3) is 0 Å². The van der Waals surface area contributed by atoms with E-state index in [1.165, 1.54) is 0 Å². The predicted molar refractivity (Wildman–Crippen MR) is 86.7 cm³/mol. The molecule has 0 fully saturated rings. The van der Waals surface area contributed by atoms with E-state index in [-0.39, 0.29) is 6.03 Å². The average Bonchev–Trinajstić information content (AvgIpc) is 2.96. The fraction of sp³-hybridized carbons (Fsp3) is 0.214. The molecule has 2 amide bonds. The number of thiophene rings is 1. The predicted octanol–water partition coefficient (Wildman–Crippen LogP) is 3.99. The van der Waals surface area contributed by atoms with E-state index in [4.69, 9.17) is 11.6 Å². The van der Waals surface area contributed by atoms with Gasteiger partial charge in [-0.2, -0.15) is 11.3 Å². The molecule has 0 aliphatic carbocycles. The molecule has 2 N–H and O–H groups in total. The van der Waals surface area contributed by atoms with Crippen molar-refractivity contribution >= 4 is 40.7 Å². The average molecular weight is 327 g/mol. The molecule has 0 aliphatic heterocycles. The first kappa shape index (κ1) is 15.2. The maximum absolute atomic E-state index is 11.5. The van der Waals surface area contributed by atoms with E-state index in [0.29, 0.717) is 13.1 Å². The second-order valence-corrected chi connectivity index (χ2v) is 6.43. The number of rotatable bonds is 6. The van der Waals surface area contributed by atoms with E-state index in [9.17, 15) is 4.79 Å². The van der Waals surface area contributed by atoms with Gasteiger partial charge in [-0.15, -0.1) is 11.8 Å². The Kier molecular flexibility index (Phi) is 6.24. The first-order chi connectivity index (χ1) is 9.74. The summed E-state index contributed by atoms with van der Waals surface area (Å²) in [6.07, 6.45) is 0. The van der Waals surface area contributed by atoms with Crippen LogP contribution in [0.15, 0.2) is 46.0 Å². The molecule has 20 heavy (non-hydrogen) atoms. The number of amides is 2. The fourth-order valence-electron chi connectivity index (χ4n) is 1.50. The zero-order valence-electron chi connectivity index (χ0n) is 10.8. The lowest BCUT2D eigenvalue weighted by Gasteiger charge is -2.06. The Balaban J connectivity index is 1.58. The lowest BCUT2D eigenvalue weighted by molar-refractivity contribution is 0.241. The lowest BCUT2D eigenvalue weighted by atomic mass is 10.3. The van der Waals surface area contributed by atoms with Crippen LogP contribution in [0, 0.1) is 0 Å². The molecule has 0 unspecified atom stereocenters. The van der Waals surface area contributed by atoms with Gasteiger partial charge in [0.05, 0.1) is 0 Å². The van der Waals surface area contributed by atoms with E-state index >= 15 is 0 Å². The number of urea groups is 1. The number of benzene rings is 1. The first-order valence-corrected chi connectivity index (χ1v) is 8.46. The number of thioether (sulfide) groups is 1. The Bertz CT molecular complexity index is 529. The van der Waals surface area contributed by atoms with Crippen molar-refractivity contribution in [3.8, 4) is 0 Å². The Labute approximate surface area is 131 Å². The molecule has 0 radical (unpaired) electrons. The standard InChI is InChI=1S/C14H15ClN2OS2/c15-12-1-3-13(4-2-12)20-8-6-16-14(18)17-9-11-5-7-19-10-11/h1-5,7,10H,6,8-9H2,(H2,16,17,18). The molecule has 0 bridgehead atoms. The molecule has 2 rings (SSSR count). The van der Waals surface area contributed by atoms with Crippen LogP contribution in [0.25, 0.3) is 0 Å². The van der Waals surface area contributed by atoms with E-state index < -0.39 is 0 Å². The van der Waals surface area contributed by atoms with E-state index in [1.54, 1.807) is 23.1 Å². The van der Waals surface area contributed by atoms with E-state index in [2.05, 4.69) is 10.6 Å². The quantitative estimate of drug-likeness (QED) is 0.622. The summed E-state index contributed by atoms with van der Waals surface area (Å²) in [5.41, 5.74) is 1.13. The number of carbonyl (C=O) groups excluding carboxylic acids is 1. The highest BCUT2D eigenvalue weighted by Gasteiger charge is 2.00. The second kappa shape index (κ2) is 8.19. The molecule has 0 saturated carbocycles. The molecule has 106 valence electrons. The van der Waals surface area contributed by atoms with Gasteiger partial charge in [-0.1, -0.05) is 11.6 Å². The van der Waals surface area contributed by atoms with Gasteiger partial charge >= 0.3 is 6.03 Å². The summed E-state index contributed by atoms with van der Waals surface area (Å²) in [7, 11) is 0. The maximum Gasteiger partial charge on any atom is 0.315 e. The maximum atomic E-state index is 11.5. The minimum atomic E-state index is -0.132. The third-order valence-electron chi connectivity index (χ3n) is 2.50. The molecule has 0 spiro atoms. The Hall–Kier alpha value is -1.17. The van der Waals surface area contributed by atoms with Gasteiger partial charge in [0.1, 0.15) is 0 Å². The van der Waals surface area contributed by atoms with Crippen molar-refractivity contribution in [3.63, 3.8) is 0 Å².